The number of fused-ring (bicyclic) bond motifs is 1. The fraction of sp³-hybridized carbons (Fsp3) is 0.435. The Morgan fingerprint density at radius 2 is 1.75 bits per heavy atom. The summed E-state index contributed by atoms with van der Waals surface area (Å²) in [6.45, 7) is 2.42. The summed E-state index contributed by atoms with van der Waals surface area (Å²) >= 11 is 0. The Balaban J connectivity index is 1.74. The van der Waals surface area contributed by atoms with Gasteiger partial charge in [-0.25, -0.2) is 0 Å². The fourth-order valence-corrected chi connectivity index (χ4v) is 4.83. The van der Waals surface area contributed by atoms with Gasteiger partial charge in [-0.05, 0) is 29.2 Å². The molecule has 0 fully saturated rings. The summed E-state index contributed by atoms with van der Waals surface area (Å²) in [5.74, 6) is -1.53. The third-order valence-electron chi connectivity index (χ3n) is 6.18. The Labute approximate surface area is 164 Å². The van der Waals surface area contributed by atoms with Crippen molar-refractivity contribution in [1.29, 1.82) is 0 Å². The highest BCUT2D eigenvalue weighted by Gasteiger charge is 2.63. The first-order valence-corrected chi connectivity index (χ1v) is 9.99. The van der Waals surface area contributed by atoms with Gasteiger partial charge in [0.25, 0.3) is 0 Å². The van der Waals surface area contributed by atoms with Crippen LogP contribution < -0.4 is 0 Å². The van der Waals surface area contributed by atoms with Crippen molar-refractivity contribution >= 4 is 5.97 Å². The first kappa shape index (κ1) is 19.0. The third-order valence-corrected chi connectivity index (χ3v) is 6.18. The van der Waals surface area contributed by atoms with E-state index in [2.05, 4.69) is 6.92 Å². The van der Waals surface area contributed by atoms with Gasteiger partial charge in [-0.3, -0.25) is 4.79 Å². The van der Waals surface area contributed by atoms with Gasteiger partial charge in [0.1, 0.15) is 17.0 Å². The molecule has 0 spiro atoms. The number of phenols is 1. The van der Waals surface area contributed by atoms with Crippen LogP contribution in [0.25, 0.3) is 0 Å². The summed E-state index contributed by atoms with van der Waals surface area (Å²) in [5.41, 5.74) is -1.52. The van der Waals surface area contributed by atoms with Crippen LogP contribution in [0.3, 0.4) is 0 Å². The third kappa shape index (κ3) is 2.57. The maximum absolute atomic E-state index is 12.9. The average molecular weight is 382 g/mol. The Morgan fingerprint density at radius 1 is 1.04 bits per heavy atom. The van der Waals surface area contributed by atoms with E-state index in [9.17, 15) is 20.1 Å². The summed E-state index contributed by atoms with van der Waals surface area (Å²) < 4.78 is 5.48. The highest BCUT2D eigenvalue weighted by Crippen LogP contribution is 2.61. The van der Waals surface area contributed by atoms with Crippen LogP contribution in [0, 0.1) is 5.92 Å². The number of esters is 1. The lowest BCUT2D eigenvalue weighted by Gasteiger charge is -2.53. The van der Waals surface area contributed by atoms with Crippen molar-refractivity contribution < 1.29 is 24.9 Å². The zero-order chi connectivity index (χ0) is 19.9. The molecule has 2 bridgehead atoms. The van der Waals surface area contributed by atoms with Gasteiger partial charge in [0.05, 0.1) is 12.5 Å². The molecule has 2 aromatic carbocycles. The van der Waals surface area contributed by atoms with Crippen LogP contribution >= 0.6 is 0 Å². The van der Waals surface area contributed by atoms with Gasteiger partial charge in [-0.1, -0.05) is 62.6 Å². The van der Waals surface area contributed by atoms with Crippen LogP contribution in [0.4, 0.5) is 0 Å². The molecule has 2 aromatic rings. The molecule has 3 aliphatic carbocycles. The lowest BCUT2D eigenvalue weighted by Crippen LogP contribution is -2.57. The molecule has 5 rings (SSSR count). The largest absolute Gasteiger partial charge is 0.508 e. The molecule has 3 N–H and O–H groups in total. The molecule has 0 saturated heterocycles. The molecule has 3 unspecified atom stereocenters. The second kappa shape index (κ2) is 6.90. The number of carbonyl (C=O) groups excluding carboxylic acids is 1. The summed E-state index contributed by atoms with van der Waals surface area (Å²) in [6.07, 6.45) is 3.93. The summed E-state index contributed by atoms with van der Waals surface area (Å²) in [7, 11) is 0. The Morgan fingerprint density at radius 3 is 2.50 bits per heavy atom. The lowest BCUT2D eigenvalue weighted by molar-refractivity contribution is -0.167. The molecule has 0 amide bonds. The molecule has 0 aliphatic heterocycles. The molecule has 3 aliphatic rings. The highest BCUT2D eigenvalue weighted by atomic mass is 16.5. The van der Waals surface area contributed by atoms with Crippen LogP contribution in [-0.4, -0.2) is 27.9 Å². The minimum Gasteiger partial charge on any atom is -0.508 e. The van der Waals surface area contributed by atoms with Gasteiger partial charge in [0, 0.05) is 12.0 Å². The molecular weight excluding hydrogens is 356 g/mol. The zero-order valence-corrected chi connectivity index (χ0v) is 16.0. The van der Waals surface area contributed by atoms with Crippen LogP contribution in [0.5, 0.6) is 5.75 Å². The number of hydrogen-bond acceptors (Lipinski definition) is 5. The van der Waals surface area contributed by atoms with Crippen LogP contribution in [-0.2, 0) is 20.7 Å². The van der Waals surface area contributed by atoms with Crippen molar-refractivity contribution in [1.82, 2.24) is 0 Å². The number of unbranched alkanes of at least 4 members (excludes halogenated alkanes) is 3. The van der Waals surface area contributed by atoms with Crippen molar-refractivity contribution in [2.45, 2.75) is 50.2 Å². The SMILES string of the molecule is CCCCCCOC(=O)C1CC2(O)c3ccccc3C1(O)c1cccc(O)c12. The number of carbonyl (C=O) groups is 1. The van der Waals surface area contributed by atoms with Crippen molar-refractivity contribution in [2.75, 3.05) is 6.61 Å². The number of ether oxygens (including phenoxy) is 1. The number of benzene rings is 2. The first-order chi connectivity index (χ1) is 13.4. The number of hydrogen-bond donors (Lipinski definition) is 3. The van der Waals surface area contributed by atoms with E-state index in [-0.39, 0.29) is 17.7 Å². The van der Waals surface area contributed by atoms with Crippen molar-refractivity contribution in [2.24, 2.45) is 5.92 Å². The molecule has 0 saturated carbocycles. The monoisotopic (exact) mass is 382 g/mol. The maximum atomic E-state index is 12.9. The second-order valence-electron chi connectivity index (χ2n) is 7.86. The van der Waals surface area contributed by atoms with Gasteiger partial charge in [-0.15, -0.1) is 0 Å². The predicted octanol–water partition coefficient (Wildman–Crippen LogP) is 3.32. The van der Waals surface area contributed by atoms with Crippen molar-refractivity contribution in [3.05, 3.63) is 64.7 Å². The number of rotatable bonds is 6. The van der Waals surface area contributed by atoms with Crippen molar-refractivity contribution in [3.63, 3.8) is 0 Å². The lowest BCUT2D eigenvalue weighted by atomic mass is 9.54. The molecule has 148 valence electrons. The van der Waals surface area contributed by atoms with Gasteiger partial charge < -0.3 is 20.1 Å². The van der Waals surface area contributed by atoms with Gasteiger partial charge >= 0.3 is 5.97 Å². The average Bonchev–Trinajstić information content (AvgIpc) is 2.69. The standard InChI is InChI=1S/C23H26O5/c1-2-3-4-7-13-28-21(25)18-14-22(26)15-9-5-6-10-16(15)23(18,27)17-11-8-12-19(24)20(17)22/h5-6,8-12,18,24,26-27H,2-4,7,13-14H2,1H3. The van der Waals surface area contributed by atoms with E-state index in [1.165, 1.54) is 6.07 Å². The quantitative estimate of drug-likeness (QED) is 0.527. The maximum Gasteiger partial charge on any atom is 0.312 e. The molecule has 5 heteroatoms. The minimum atomic E-state index is -1.64. The molecule has 3 atom stereocenters. The van der Waals surface area contributed by atoms with E-state index in [0.717, 1.165) is 25.7 Å². The van der Waals surface area contributed by atoms with E-state index in [1.54, 1.807) is 36.4 Å². The Kier molecular flexibility index (Phi) is 4.68. The van der Waals surface area contributed by atoms with Crippen LogP contribution in [0.15, 0.2) is 42.5 Å². The zero-order valence-electron chi connectivity index (χ0n) is 16.0. The normalized spacial score (nSPS) is 27.2. The fourth-order valence-electron chi connectivity index (χ4n) is 4.83. The number of phenolic OH excluding ortho intramolecular Hbond substituents is 1. The number of aromatic hydroxyl groups is 1. The van der Waals surface area contributed by atoms with Gasteiger partial charge in [0.15, 0.2) is 0 Å². The molecule has 0 radical (unpaired) electrons. The number of aliphatic hydroxyl groups is 2. The summed E-state index contributed by atoms with van der Waals surface area (Å²) in [5, 5.41) is 33.9. The topological polar surface area (TPSA) is 87.0 Å². The minimum absolute atomic E-state index is 0.0289. The van der Waals surface area contributed by atoms with E-state index in [0.29, 0.717) is 23.3 Å². The molecule has 0 heterocycles. The molecule has 0 aromatic heterocycles. The second-order valence-corrected chi connectivity index (χ2v) is 7.86. The Hall–Kier alpha value is -2.37. The predicted molar refractivity (Wildman–Crippen MR) is 104 cm³/mol. The van der Waals surface area contributed by atoms with E-state index in [4.69, 9.17) is 4.74 Å². The van der Waals surface area contributed by atoms with Gasteiger partial charge in [-0.2, -0.15) is 0 Å². The first-order valence-electron chi connectivity index (χ1n) is 9.99. The van der Waals surface area contributed by atoms with E-state index >= 15 is 0 Å². The Bertz CT molecular complexity index is 908. The van der Waals surface area contributed by atoms with Crippen LogP contribution in [0.2, 0.25) is 0 Å². The summed E-state index contributed by atoms with van der Waals surface area (Å²) in [6, 6.07) is 11.8. The molecule has 28 heavy (non-hydrogen) atoms. The molecule has 5 nitrogen and oxygen atoms in total. The van der Waals surface area contributed by atoms with Crippen molar-refractivity contribution in [3.8, 4) is 5.75 Å². The summed E-state index contributed by atoms with van der Waals surface area (Å²) in [4.78, 5) is 12.9. The van der Waals surface area contributed by atoms with Gasteiger partial charge in [0.2, 0.25) is 0 Å². The van der Waals surface area contributed by atoms with E-state index < -0.39 is 23.1 Å². The molecular formula is C23H26O5. The highest BCUT2D eigenvalue weighted by molar-refractivity contribution is 5.80. The smallest absolute Gasteiger partial charge is 0.312 e. The van der Waals surface area contributed by atoms with E-state index in [1.807, 2.05) is 0 Å². The van der Waals surface area contributed by atoms with Crippen LogP contribution in [0.1, 0.15) is 61.3 Å².